The minimum absolute atomic E-state index is 0.0169. The van der Waals surface area contributed by atoms with Gasteiger partial charge in [-0.2, -0.15) is 4.31 Å². The van der Waals surface area contributed by atoms with Gasteiger partial charge in [0.25, 0.3) is 0 Å². The molecule has 1 saturated heterocycles. The van der Waals surface area contributed by atoms with Gasteiger partial charge in [-0.1, -0.05) is 12.1 Å². The molecule has 0 unspecified atom stereocenters. The van der Waals surface area contributed by atoms with Gasteiger partial charge >= 0.3 is 6.36 Å². The van der Waals surface area contributed by atoms with Crippen LogP contribution in [-0.2, 0) is 27.8 Å². The average molecular weight is 539 g/mol. The van der Waals surface area contributed by atoms with Gasteiger partial charge in [0.2, 0.25) is 10.0 Å². The molecule has 198 valence electrons. The number of ether oxygens (including phenoxy) is 4. The maximum atomic E-state index is 13.6. The minimum Gasteiger partial charge on any atom is -0.493 e. The number of hydrogen-bond donors (Lipinski definition) is 0. The molecule has 3 aromatic rings. The first-order valence-corrected chi connectivity index (χ1v) is 12.7. The van der Waals surface area contributed by atoms with Crippen LogP contribution >= 0.6 is 0 Å². The second-order valence-corrected chi connectivity index (χ2v) is 10.2. The number of methoxy groups -OCH3 is 1. The molecule has 37 heavy (non-hydrogen) atoms. The fourth-order valence-electron chi connectivity index (χ4n) is 3.78. The van der Waals surface area contributed by atoms with Crippen molar-refractivity contribution in [2.75, 3.05) is 20.3 Å². The van der Waals surface area contributed by atoms with Gasteiger partial charge in [0, 0.05) is 31.9 Å². The van der Waals surface area contributed by atoms with Gasteiger partial charge in [-0.15, -0.1) is 13.2 Å². The van der Waals surface area contributed by atoms with Crippen molar-refractivity contribution in [2.24, 2.45) is 0 Å². The first kappa shape index (κ1) is 26.7. The molecule has 0 saturated carbocycles. The first-order valence-electron chi connectivity index (χ1n) is 11.3. The van der Waals surface area contributed by atoms with E-state index in [0.717, 1.165) is 30.7 Å². The van der Waals surface area contributed by atoms with Crippen molar-refractivity contribution in [1.29, 1.82) is 0 Å². The summed E-state index contributed by atoms with van der Waals surface area (Å²) in [6, 6.07) is 12.6. The lowest BCUT2D eigenvalue weighted by Crippen LogP contribution is -2.30. The lowest BCUT2D eigenvalue weighted by Gasteiger charge is -2.23. The summed E-state index contributed by atoms with van der Waals surface area (Å²) in [6.07, 6.45) is -1.10. The van der Waals surface area contributed by atoms with E-state index < -0.39 is 22.1 Å². The molecule has 0 N–H and O–H groups in total. The highest BCUT2D eigenvalue weighted by atomic mass is 32.2. The van der Waals surface area contributed by atoms with Crippen molar-refractivity contribution in [3.05, 3.63) is 78.1 Å². The second kappa shape index (κ2) is 11.4. The van der Waals surface area contributed by atoms with Crippen molar-refractivity contribution in [3.8, 4) is 17.2 Å². The predicted octanol–water partition coefficient (Wildman–Crippen LogP) is 4.55. The molecule has 0 bridgehead atoms. The minimum atomic E-state index is -4.88. The van der Waals surface area contributed by atoms with Gasteiger partial charge < -0.3 is 18.9 Å². The zero-order valence-corrected chi connectivity index (χ0v) is 20.7. The van der Waals surface area contributed by atoms with Crippen LogP contribution in [0.3, 0.4) is 0 Å². The van der Waals surface area contributed by atoms with E-state index in [9.17, 15) is 21.6 Å². The Morgan fingerprint density at radius 1 is 1.05 bits per heavy atom. The Hall–Kier alpha value is -3.35. The van der Waals surface area contributed by atoms with Gasteiger partial charge in [-0.25, -0.2) is 8.42 Å². The van der Waals surface area contributed by atoms with Gasteiger partial charge in [0.05, 0.1) is 25.2 Å². The van der Waals surface area contributed by atoms with E-state index >= 15 is 0 Å². The molecule has 1 aliphatic heterocycles. The number of sulfonamides is 1. The summed E-state index contributed by atoms with van der Waals surface area (Å²) in [5, 5.41) is 0. The molecule has 4 rings (SSSR count). The Morgan fingerprint density at radius 3 is 2.43 bits per heavy atom. The summed E-state index contributed by atoms with van der Waals surface area (Å²) < 4.78 is 86.5. The Bertz CT molecular complexity index is 1280. The molecule has 1 atom stereocenters. The molecule has 0 spiro atoms. The highest BCUT2D eigenvalue weighted by Gasteiger charge is 2.32. The van der Waals surface area contributed by atoms with Crippen molar-refractivity contribution in [2.45, 2.75) is 36.9 Å². The van der Waals surface area contributed by atoms with Crippen molar-refractivity contribution < 1.29 is 40.5 Å². The van der Waals surface area contributed by atoms with Gasteiger partial charge in [0.15, 0.2) is 11.5 Å². The van der Waals surface area contributed by atoms with E-state index in [4.69, 9.17) is 14.2 Å². The van der Waals surface area contributed by atoms with Crippen LogP contribution in [0.5, 0.6) is 17.2 Å². The second-order valence-electron chi connectivity index (χ2n) is 8.24. The van der Waals surface area contributed by atoms with Crippen LogP contribution in [0.2, 0.25) is 0 Å². The van der Waals surface area contributed by atoms with E-state index in [0.29, 0.717) is 35.8 Å². The molecule has 1 aliphatic rings. The van der Waals surface area contributed by atoms with Crippen molar-refractivity contribution in [1.82, 2.24) is 9.29 Å². The summed E-state index contributed by atoms with van der Waals surface area (Å²) in [4.78, 5) is 3.86. The molecule has 12 heteroatoms. The summed E-state index contributed by atoms with van der Waals surface area (Å²) in [7, 11) is -2.63. The summed E-state index contributed by atoms with van der Waals surface area (Å²) in [6.45, 7) is 1.04. The molecule has 8 nitrogen and oxygen atoms in total. The Morgan fingerprint density at radius 2 is 1.81 bits per heavy atom. The van der Waals surface area contributed by atoms with E-state index in [1.54, 1.807) is 42.7 Å². The maximum absolute atomic E-state index is 13.6. The highest BCUT2D eigenvalue weighted by Crippen LogP contribution is 2.32. The molecular formula is C25H25F3N2O6S. The molecule has 1 aromatic heterocycles. The molecular weight excluding hydrogens is 513 g/mol. The zero-order chi connectivity index (χ0) is 26.5. The molecule has 2 heterocycles. The van der Waals surface area contributed by atoms with Crippen LogP contribution < -0.4 is 14.2 Å². The Labute approximate surface area is 212 Å². The normalized spacial score (nSPS) is 16.1. The summed E-state index contributed by atoms with van der Waals surface area (Å²) in [5.41, 5.74) is 1.26. The molecule has 0 aliphatic carbocycles. The fourth-order valence-corrected chi connectivity index (χ4v) is 5.20. The lowest BCUT2D eigenvalue weighted by molar-refractivity contribution is -0.274. The number of hydrogen-bond acceptors (Lipinski definition) is 7. The van der Waals surface area contributed by atoms with Gasteiger partial charge in [-0.05, 0) is 53.6 Å². The van der Waals surface area contributed by atoms with Crippen molar-refractivity contribution >= 4 is 10.0 Å². The predicted molar refractivity (Wildman–Crippen MR) is 127 cm³/mol. The number of nitrogens with zero attached hydrogens (tertiary/aromatic N) is 2. The van der Waals surface area contributed by atoms with Crippen LogP contribution in [0.25, 0.3) is 0 Å². The number of halogens is 3. The third-order valence-electron chi connectivity index (χ3n) is 5.55. The first-order chi connectivity index (χ1) is 17.6. The average Bonchev–Trinajstić information content (AvgIpc) is 3.37. The fraction of sp³-hybridized carbons (Fsp3) is 0.320. The van der Waals surface area contributed by atoms with E-state index in [1.807, 2.05) is 0 Å². The number of rotatable bonds is 10. The zero-order valence-electron chi connectivity index (χ0n) is 19.8. The SMILES string of the molecule is COc1cc(CN(Cc2cccnc2)S(=O)(=O)c2ccc(OC(F)(F)F)cc2)ccc1O[C@H]1CCOC1. The number of benzene rings is 2. The quantitative estimate of drug-likeness (QED) is 0.374. The topological polar surface area (TPSA) is 87.2 Å². The number of pyridine rings is 1. The smallest absolute Gasteiger partial charge is 0.493 e. The molecule has 1 fully saturated rings. The van der Waals surface area contributed by atoms with Crippen LogP contribution in [0.4, 0.5) is 13.2 Å². The number of aromatic nitrogens is 1. The monoisotopic (exact) mass is 538 g/mol. The Balaban J connectivity index is 1.60. The van der Waals surface area contributed by atoms with Gasteiger partial charge in [-0.3, -0.25) is 4.98 Å². The third kappa shape index (κ3) is 7.12. The largest absolute Gasteiger partial charge is 0.573 e. The number of alkyl halides is 3. The van der Waals surface area contributed by atoms with Crippen molar-refractivity contribution in [3.63, 3.8) is 0 Å². The van der Waals surface area contributed by atoms with E-state index in [1.165, 1.54) is 11.4 Å². The standard InChI is InChI=1S/C25H25F3N2O6S/c1-33-24-13-18(4-9-23(24)35-21-10-12-34-17-21)15-30(16-19-3-2-11-29-14-19)37(31,32)22-7-5-20(6-8-22)36-25(26,27)28/h2-9,11,13-14,21H,10,12,15-17H2,1H3/t21-/m0/s1. The van der Waals surface area contributed by atoms with Crippen LogP contribution in [0, 0.1) is 0 Å². The van der Waals surface area contributed by atoms with Crippen LogP contribution in [0.1, 0.15) is 17.5 Å². The maximum Gasteiger partial charge on any atom is 0.573 e. The Kier molecular flexibility index (Phi) is 8.20. The summed E-state index contributed by atoms with van der Waals surface area (Å²) >= 11 is 0. The highest BCUT2D eigenvalue weighted by molar-refractivity contribution is 7.89. The third-order valence-corrected chi connectivity index (χ3v) is 7.35. The lowest BCUT2D eigenvalue weighted by atomic mass is 10.2. The molecule has 0 amide bonds. The van der Waals surface area contributed by atoms with Gasteiger partial charge in [0.1, 0.15) is 11.9 Å². The summed E-state index contributed by atoms with van der Waals surface area (Å²) in [5.74, 6) is 0.443. The van der Waals surface area contributed by atoms with Crippen LogP contribution in [0.15, 0.2) is 71.9 Å². The van der Waals surface area contributed by atoms with Crippen LogP contribution in [-0.4, -0.2) is 50.5 Å². The molecule has 0 radical (unpaired) electrons. The van der Waals surface area contributed by atoms with E-state index in [-0.39, 0.29) is 24.1 Å². The van der Waals surface area contributed by atoms with E-state index in [2.05, 4.69) is 9.72 Å². The molecule has 2 aromatic carbocycles.